The summed E-state index contributed by atoms with van der Waals surface area (Å²) in [6.07, 6.45) is 3.57. The first kappa shape index (κ1) is 18.9. The molecule has 1 N–H and O–H groups in total. The van der Waals surface area contributed by atoms with E-state index < -0.39 is 0 Å². The number of thiophene rings is 1. The largest absolute Gasteiger partial charge is 0.489 e. The van der Waals surface area contributed by atoms with Crippen molar-refractivity contribution in [3.8, 4) is 17.6 Å². The fourth-order valence-corrected chi connectivity index (χ4v) is 3.32. The van der Waals surface area contributed by atoms with E-state index >= 15 is 0 Å². The molecule has 0 spiro atoms. The first-order valence-corrected chi connectivity index (χ1v) is 9.44. The Bertz CT molecular complexity index is 903. The summed E-state index contributed by atoms with van der Waals surface area (Å²) in [4.78, 5) is 1.20. The predicted octanol–water partition coefficient (Wildman–Crippen LogP) is 5.30. The van der Waals surface area contributed by atoms with Crippen molar-refractivity contribution < 1.29 is 14.2 Å². The highest BCUT2D eigenvalue weighted by Gasteiger charge is 2.25. The molecule has 2 aromatic rings. The topological polar surface area (TPSA) is 63.5 Å². The minimum Gasteiger partial charge on any atom is -0.489 e. The summed E-state index contributed by atoms with van der Waals surface area (Å²) in [6, 6.07) is 8.18. The smallest absolute Gasteiger partial charge is 0.231 e. The Morgan fingerprint density at radius 1 is 1.41 bits per heavy atom. The molecule has 1 aliphatic rings. The van der Waals surface area contributed by atoms with Gasteiger partial charge < -0.3 is 19.5 Å². The van der Waals surface area contributed by atoms with Gasteiger partial charge in [0.1, 0.15) is 23.0 Å². The highest BCUT2D eigenvalue weighted by Crippen LogP contribution is 2.44. The van der Waals surface area contributed by atoms with E-state index in [0.717, 1.165) is 5.69 Å². The summed E-state index contributed by atoms with van der Waals surface area (Å²) in [5.74, 6) is 1.57. The number of hydrogen-bond donors (Lipinski definition) is 1. The minimum absolute atomic E-state index is 0.102. The molecule has 1 aliphatic heterocycles. The molecule has 0 fully saturated rings. The van der Waals surface area contributed by atoms with E-state index in [1.54, 1.807) is 17.4 Å². The van der Waals surface area contributed by atoms with Crippen molar-refractivity contribution in [2.24, 2.45) is 0 Å². The van der Waals surface area contributed by atoms with E-state index in [4.69, 9.17) is 14.2 Å². The number of nitrogens with zero attached hydrogens (tertiary/aromatic N) is 1. The number of nitrogens with one attached hydrogen (secondary N) is 1. The summed E-state index contributed by atoms with van der Waals surface area (Å²) in [5, 5.41) is 15.0. The quantitative estimate of drug-likeness (QED) is 0.542. The third-order valence-electron chi connectivity index (χ3n) is 3.70. The van der Waals surface area contributed by atoms with Crippen LogP contribution >= 0.6 is 11.3 Å². The van der Waals surface area contributed by atoms with Gasteiger partial charge in [0.2, 0.25) is 6.79 Å². The van der Waals surface area contributed by atoms with Gasteiger partial charge in [-0.15, -0.1) is 11.3 Å². The molecule has 27 heavy (non-hydrogen) atoms. The molecule has 0 atom stereocenters. The SMILES string of the molecule is C=C(/C=C/c1cc(NCc2cccs2)c2c(c1C#N)OCO2)OC(C)(C)C. The molecule has 2 heterocycles. The number of fused-ring (bicyclic) bond motifs is 1. The second-order valence-corrected chi connectivity index (χ2v) is 8.04. The molecule has 5 nitrogen and oxygen atoms in total. The Hall–Kier alpha value is -2.91. The van der Waals surface area contributed by atoms with Crippen LogP contribution in [0.1, 0.15) is 36.8 Å². The maximum Gasteiger partial charge on any atom is 0.231 e. The Kier molecular flexibility index (Phi) is 5.43. The Morgan fingerprint density at radius 3 is 2.85 bits per heavy atom. The number of nitriles is 1. The van der Waals surface area contributed by atoms with Crippen molar-refractivity contribution in [3.05, 3.63) is 58.0 Å². The van der Waals surface area contributed by atoms with E-state index in [2.05, 4.69) is 24.0 Å². The van der Waals surface area contributed by atoms with Gasteiger partial charge in [-0.2, -0.15) is 5.26 Å². The number of anilines is 1. The van der Waals surface area contributed by atoms with Crippen LogP contribution in [0, 0.1) is 11.3 Å². The molecular formula is C21H22N2O3S. The highest BCUT2D eigenvalue weighted by molar-refractivity contribution is 7.09. The predicted molar refractivity (Wildman–Crippen MR) is 108 cm³/mol. The third kappa shape index (κ3) is 4.63. The average molecular weight is 382 g/mol. The molecular weight excluding hydrogens is 360 g/mol. The van der Waals surface area contributed by atoms with Crippen LogP contribution in [-0.4, -0.2) is 12.4 Å². The highest BCUT2D eigenvalue weighted by atomic mass is 32.1. The lowest BCUT2D eigenvalue weighted by Gasteiger charge is -2.21. The van der Waals surface area contributed by atoms with E-state index in [9.17, 15) is 5.26 Å². The number of ether oxygens (including phenoxy) is 3. The molecule has 1 aromatic carbocycles. The molecule has 0 amide bonds. The van der Waals surface area contributed by atoms with Crippen LogP contribution in [0.25, 0.3) is 6.08 Å². The van der Waals surface area contributed by atoms with Crippen LogP contribution in [-0.2, 0) is 11.3 Å². The number of benzene rings is 1. The van der Waals surface area contributed by atoms with Gasteiger partial charge in [0, 0.05) is 11.4 Å². The van der Waals surface area contributed by atoms with Crippen LogP contribution < -0.4 is 14.8 Å². The molecule has 0 saturated heterocycles. The van der Waals surface area contributed by atoms with Gasteiger partial charge >= 0.3 is 0 Å². The van der Waals surface area contributed by atoms with E-state index in [1.807, 2.05) is 44.4 Å². The Morgan fingerprint density at radius 2 is 2.19 bits per heavy atom. The molecule has 0 aliphatic carbocycles. The maximum absolute atomic E-state index is 9.61. The lowest BCUT2D eigenvalue weighted by Crippen LogP contribution is -2.17. The van der Waals surface area contributed by atoms with Gasteiger partial charge in [-0.1, -0.05) is 12.6 Å². The fraction of sp³-hybridized carbons (Fsp3) is 0.286. The molecule has 0 unspecified atom stereocenters. The first-order chi connectivity index (χ1) is 12.9. The van der Waals surface area contributed by atoms with Crippen molar-refractivity contribution in [1.29, 1.82) is 5.26 Å². The van der Waals surface area contributed by atoms with Crippen molar-refractivity contribution in [1.82, 2.24) is 0 Å². The monoisotopic (exact) mass is 382 g/mol. The summed E-state index contributed by atoms with van der Waals surface area (Å²) >= 11 is 1.68. The number of rotatable bonds is 6. The Balaban J connectivity index is 1.89. The molecule has 0 radical (unpaired) electrons. The standard InChI is InChI=1S/C21H22N2O3S/c1-14(26-21(2,3)4)7-8-15-10-18(23-12-16-6-5-9-27-16)20-19(17(15)11-22)24-13-25-20/h5-10,23H,1,12-13H2,2-4H3/b8-7+. The van der Waals surface area contributed by atoms with Gasteiger partial charge in [-0.05, 0) is 56.0 Å². The minimum atomic E-state index is -0.332. The van der Waals surface area contributed by atoms with Crippen molar-refractivity contribution in [2.45, 2.75) is 32.9 Å². The van der Waals surface area contributed by atoms with Crippen LogP contribution in [0.2, 0.25) is 0 Å². The van der Waals surface area contributed by atoms with Gasteiger partial charge in [0.25, 0.3) is 0 Å². The molecule has 140 valence electrons. The zero-order chi connectivity index (χ0) is 19.4. The van der Waals surface area contributed by atoms with E-state index in [0.29, 0.717) is 34.9 Å². The third-order valence-corrected chi connectivity index (χ3v) is 4.58. The zero-order valence-corrected chi connectivity index (χ0v) is 16.5. The van der Waals surface area contributed by atoms with Crippen LogP contribution in [0.4, 0.5) is 5.69 Å². The number of hydrogen-bond acceptors (Lipinski definition) is 6. The lowest BCUT2D eigenvalue weighted by molar-refractivity contribution is 0.0611. The summed E-state index contributed by atoms with van der Waals surface area (Å²) < 4.78 is 16.9. The fourth-order valence-electron chi connectivity index (χ4n) is 2.67. The molecule has 0 bridgehead atoms. The second-order valence-electron chi connectivity index (χ2n) is 7.01. The molecule has 6 heteroatoms. The van der Waals surface area contributed by atoms with Crippen LogP contribution in [0.15, 0.2) is 42.0 Å². The first-order valence-electron chi connectivity index (χ1n) is 8.56. The molecule has 1 aromatic heterocycles. The summed E-state index contributed by atoms with van der Waals surface area (Å²) in [6.45, 7) is 10.6. The van der Waals surface area contributed by atoms with E-state index in [-0.39, 0.29) is 12.4 Å². The van der Waals surface area contributed by atoms with Crippen molar-refractivity contribution in [2.75, 3.05) is 12.1 Å². The van der Waals surface area contributed by atoms with Gasteiger partial charge in [-0.25, -0.2) is 0 Å². The van der Waals surface area contributed by atoms with Crippen molar-refractivity contribution in [3.63, 3.8) is 0 Å². The average Bonchev–Trinajstić information content (AvgIpc) is 3.27. The number of allylic oxidation sites excluding steroid dienone is 1. The zero-order valence-electron chi connectivity index (χ0n) is 15.7. The summed E-state index contributed by atoms with van der Waals surface area (Å²) in [5.41, 5.74) is 1.61. The maximum atomic E-state index is 9.61. The Labute approximate surface area is 163 Å². The van der Waals surface area contributed by atoms with E-state index in [1.165, 1.54) is 4.88 Å². The normalized spacial score (nSPS) is 12.8. The summed E-state index contributed by atoms with van der Waals surface area (Å²) in [7, 11) is 0. The van der Waals surface area contributed by atoms with Gasteiger partial charge in [0.05, 0.1) is 5.69 Å². The molecule has 0 saturated carbocycles. The van der Waals surface area contributed by atoms with Gasteiger partial charge in [-0.3, -0.25) is 0 Å². The molecule has 3 rings (SSSR count). The second kappa shape index (κ2) is 7.77. The van der Waals surface area contributed by atoms with Crippen LogP contribution in [0.5, 0.6) is 11.5 Å². The van der Waals surface area contributed by atoms with Gasteiger partial charge in [0.15, 0.2) is 11.5 Å². The van der Waals surface area contributed by atoms with Crippen molar-refractivity contribution >= 4 is 23.1 Å². The lowest BCUT2D eigenvalue weighted by atomic mass is 10.0. The van der Waals surface area contributed by atoms with Crippen LogP contribution in [0.3, 0.4) is 0 Å².